The predicted molar refractivity (Wildman–Crippen MR) is 116 cm³/mol. The van der Waals surface area contributed by atoms with Crippen LogP contribution in [-0.4, -0.2) is 39.5 Å². The Kier molecular flexibility index (Phi) is 7.27. The summed E-state index contributed by atoms with van der Waals surface area (Å²) in [4.78, 5) is 11.7. The van der Waals surface area contributed by atoms with Crippen LogP contribution in [-0.2, 0) is 12.2 Å². The molecule has 0 radical (unpaired) electrons. The van der Waals surface area contributed by atoms with Gasteiger partial charge in [-0.15, -0.1) is 0 Å². The molecule has 0 bridgehead atoms. The monoisotopic (exact) mass is 414 g/mol. The average Bonchev–Trinajstić information content (AvgIpc) is 2.71. The average molecular weight is 415 g/mol. The topological polar surface area (TPSA) is 83.1 Å². The van der Waals surface area contributed by atoms with Gasteiger partial charge in [-0.25, -0.2) is 4.98 Å². The molecule has 0 fully saturated rings. The van der Waals surface area contributed by atoms with Gasteiger partial charge in [0.2, 0.25) is 5.95 Å². The summed E-state index contributed by atoms with van der Waals surface area (Å²) in [5, 5.41) is 12.9. The Labute approximate surface area is 173 Å². The van der Waals surface area contributed by atoms with Crippen LogP contribution in [0.15, 0.2) is 48.8 Å². The van der Waals surface area contributed by atoms with Crippen LogP contribution in [0.3, 0.4) is 0 Å². The van der Waals surface area contributed by atoms with E-state index in [-0.39, 0.29) is 5.75 Å². The van der Waals surface area contributed by atoms with Crippen LogP contribution in [0.1, 0.15) is 16.8 Å². The summed E-state index contributed by atoms with van der Waals surface area (Å²) in [6.07, 6.45) is 4.21. The van der Waals surface area contributed by atoms with Crippen LogP contribution in [0.4, 0.5) is 5.95 Å². The molecule has 146 valence electrons. The summed E-state index contributed by atoms with van der Waals surface area (Å²) < 4.78 is 5.86. The Balaban J connectivity index is 1.47. The van der Waals surface area contributed by atoms with Gasteiger partial charge in [0.15, 0.2) is 0 Å². The first kappa shape index (κ1) is 20.2. The second kappa shape index (κ2) is 10.1. The Morgan fingerprint density at radius 2 is 2.04 bits per heavy atom. The molecule has 0 aliphatic carbocycles. The molecule has 2 heterocycles. The lowest BCUT2D eigenvalue weighted by atomic mass is 10.1. The quantitative estimate of drug-likeness (QED) is 0.358. The summed E-state index contributed by atoms with van der Waals surface area (Å²) in [7, 11) is 1.65. The largest absolute Gasteiger partial charge is 0.506 e. The molecule has 0 unspecified atom stereocenters. The van der Waals surface area contributed by atoms with Crippen molar-refractivity contribution >= 4 is 29.9 Å². The molecule has 0 saturated heterocycles. The van der Waals surface area contributed by atoms with Crippen molar-refractivity contribution in [2.45, 2.75) is 12.2 Å². The Hall–Kier alpha value is -2.58. The van der Waals surface area contributed by atoms with Crippen LogP contribution in [0.25, 0.3) is 0 Å². The number of thioether (sulfide) groups is 1. The van der Waals surface area contributed by atoms with Crippen molar-refractivity contribution in [2.24, 2.45) is 0 Å². The summed E-state index contributed by atoms with van der Waals surface area (Å²) in [5.41, 5.74) is 2.83. The van der Waals surface area contributed by atoms with E-state index < -0.39 is 0 Å². The molecule has 0 atom stereocenters. The minimum atomic E-state index is 0.237. The lowest BCUT2D eigenvalue weighted by Crippen LogP contribution is -2.08. The van der Waals surface area contributed by atoms with Crippen LogP contribution < -0.4 is 10.1 Å². The second-order valence-electron chi connectivity index (χ2n) is 6.06. The SMILES string of the molecule is COc1ccc(Cc2cnc(NCCSCc3ncccc3O)[nH]c2=S)cc1. The van der Waals surface area contributed by atoms with E-state index in [1.807, 2.05) is 30.5 Å². The summed E-state index contributed by atoms with van der Waals surface area (Å²) >= 11 is 7.15. The van der Waals surface area contributed by atoms with Crippen molar-refractivity contribution < 1.29 is 9.84 Å². The number of nitrogens with one attached hydrogen (secondary N) is 2. The number of ether oxygens (including phenoxy) is 1. The molecule has 0 saturated carbocycles. The molecule has 2 aromatic heterocycles. The first-order valence-corrected chi connectivity index (χ1v) is 10.4. The molecule has 8 heteroatoms. The van der Waals surface area contributed by atoms with Gasteiger partial charge in [-0.05, 0) is 29.8 Å². The fraction of sp³-hybridized carbons (Fsp3) is 0.250. The zero-order valence-electron chi connectivity index (χ0n) is 15.5. The van der Waals surface area contributed by atoms with E-state index in [9.17, 15) is 5.11 Å². The van der Waals surface area contributed by atoms with Gasteiger partial charge in [-0.1, -0.05) is 24.4 Å². The van der Waals surface area contributed by atoms with E-state index in [2.05, 4.69) is 20.3 Å². The lowest BCUT2D eigenvalue weighted by Gasteiger charge is -2.08. The van der Waals surface area contributed by atoms with Crippen molar-refractivity contribution in [3.63, 3.8) is 0 Å². The molecule has 0 aliphatic rings. The molecule has 6 nitrogen and oxygen atoms in total. The Bertz CT molecular complexity index is 961. The summed E-state index contributed by atoms with van der Waals surface area (Å²) in [5.74, 6) is 3.25. The van der Waals surface area contributed by atoms with Crippen LogP contribution in [0.2, 0.25) is 0 Å². The highest BCUT2D eigenvalue weighted by atomic mass is 32.2. The third kappa shape index (κ3) is 5.71. The smallest absolute Gasteiger partial charge is 0.201 e. The number of anilines is 1. The van der Waals surface area contributed by atoms with E-state index in [4.69, 9.17) is 17.0 Å². The van der Waals surface area contributed by atoms with Crippen molar-refractivity contribution in [1.82, 2.24) is 15.0 Å². The predicted octanol–water partition coefficient (Wildman–Crippen LogP) is 4.18. The normalized spacial score (nSPS) is 10.6. The van der Waals surface area contributed by atoms with Gasteiger partial charge in [-0.2, -0.15) is 11.8 Å². The molecular weight excluding hydrogens is 392 g/mol. The van der Waals surface area contributed by atoms with Crippen molar-refractivity contribution in [3.8, 4) is 11.5 Å². The van der Waals surface area contributed by atoms with E-state index in [0.29, 0.717) is 22.0 Å². The van der Waals surface area contributed by atoms with E-state index >= 15 is 0 Å². The number of methoxy groups -OCH3 is 1. The Morgan fingerprint density at radius 3 is 2.75 bits per heavy atom. The van der Waals surface area contributed by atoms with Gasteiger partial charge in [-0.3, -0.25) is 4.98 Å². The number of aromatic amines is 1. The van der Waals surface area contributed by atoms with Gasteiger partial charge < -0.3 is 20.1 Å². The number of benzene rings is 1. The number of hydrogen-bond acceptors (Lipinski definition) is 7. The second-order valence-corrected chi connectivity index (χ2v) is 7.57. The molecular formula is C20H22N4O2S2. The van der Waals surface area contributed by atoms with E-state index in [0.717, 1.165) is 35.6 Å². The van der Waals surface area contributed by atoms with Gasteiger partial charge in [0.25, 0.3) is 0 Å². The Morgan fingerprint density at radius 1 is 1.21 bits per heavy atom. The lowest BCUT2D eigenvalue weighted by molar-refractivity contribution is 0.414. The third-order valence-corrected chi connectivity index (χ3v) is 5.41. The number of nitrogens with zero attached hydrogens (tertiary/aromatic N) is 2. The fourth-order valence-corrected chi connectivity index (χ4v) is 3.58. The minimum Gasteiger partial charge on any atom is -0.506 e. The van der Waals surface area contributed by atoms with Gasteiger partial charge in [0, 0.05) is 42.4 Å². The zero-order valence-corrected chi connectivity index (χ0v) is 17.1. The standard InChI is InChI=1S/C20H22N4O2S2/c1-26-16-6-4-14(5-7-16)11-15-12-23-20(24-19(15)27)22-9-10-28-13-17-18(25)3-2-8-21-17/h2-8,12,25H,9-11,13H2,1H3,(H2,22,23,24,27). The van der Waals surface area contributed by atoms with Gasteiger partial charge >= 0.3 is 0 Å². The molecule has 0 amide bonds. The number of rotatable bonds is 9. The van der Waals surface area contributed by atoms with Gasteiger partial charge in [0.05, 0.1) is 12.8 Å². The number of aromatic nitrogens is 3. The van der Waals surface area contributed by atoms with Gasteiger partial charge in [0.1, 0.15) is 16.1 Å². The molecule has 0 aliphatic heterocycles. The minimum absolute atomic E-state index is 0.237. The van der Waals surface area contributed by atoms with E-state index in [1.54, 1.807) is 37.2 Å². The molecule has 3 aromatic rings. The maximum atomic E-state index is 9.71. The van der Waals surface area contributed by atoms with Crippen LogP contribution in [0, 0.1) is 4.64 Å². The van der Waals surface area contributed by atoms with Crippen LogP contribution in [0.5, 0.6) is 11.5 Å². The molecule has 3 N–H and O–H groups in total. The maximum Gasteiger partial charge on any atom is 0.201 e. The first-order valence-electron chi connectivity index (χ1n) is 8.81. The number of H-pyrrole nitrogens is 1. The fourth-order valence-electron chi connectivity index (χ4n) is 2.55. The first-order chi connectivity index (χ1) is 13.7. The summed E-state index contributed by atoms with van der Waals surface area (Å²) in [6.45, 7) is 0.731. The highest BCUT2D eigenvalue weighted by Crippen LogP contribution is 2.19. The molecule has 1 aromatic carbocycles. The maximum absolute atomic E-state index is 9.71. The van der Waals surface area contributed by atoms with Crippen LogP contribution >= 0.6 is 24.0 Å². The third-order valence-electron chi connectivity index (χ3n) is 4.07. The number of pyridine rings is 1. The summed E-state index contributed by atoms with van der Waals surface area (Å²) in [6, 6.07) is 11.3. The molecule has 3 rings (SSSR count). The van der Waals surface area contributed by atoms with Crippen molar-refractivity contribution in [3.05, 3.63) is 70.3 Å². The number of aromatic hydroxyl groups is 1. The number of hydrogen-bond donors (Lipinski definition) is 3. The highest BCUT2D eigenvalue weighted by molar-refractivity contribution is 7.98. The molecule has 0 spiro atoms. The van der Waals surface area contributed by atoms with E-state index in [1.165, 1.54) is 0 Å². The highest BCUT2D eigenvalue weighted by Gasteiger charge is 2.04. The van der Waals surface area contributed by atoms with Crippen molar-refractivity contribution in [1.29, 1.82) is 0 Å². The molecule has 28 heavy (non-hydrogen) atoms. The van der Waals surface area contributed by atoms with Crippen molar-refractivity contribution in [2.75, 3.05) is 24.7 Å². The zero-order chi connectivity index (χ0) is 19.8.